The topological polar surface area (TPSA) is 122 Å². The molecule has 136 valence electrons. The first-order chi connectivity index (χ1) is 12.6. The minimum Gasteiger partial charge on any atom is -0.497 e. The second-order valence-corrected chi connectivity index (χ2v) is 6.23. The summed E-state index contributed by atoms with van der Waals surface area (Å²) in [5.74, 6) is 0.471. The lowest BCUT2D eigenvalue weighted by Gasteiger charge is -2.07. The van der Waals surface area contributed by atoms with Crippen LogP contribution < -0.4 is 15.6 Å². The van der Waals surface area contributed by atoms with Crippen LogP contribution in [0.4, 0.5) is 5.69 Å². The number of methoxy groups -OCH3 is 1. The number of aliphatic hydroxyl groups is 1. The van der Waals surface area contributed by atoms with Crippen LogP contribution in [0, 0.1) is 0 Å². The molecule has 3 rings (SSSR count). The van der Waals surface area contributed by atoms with E-state index in [0.717, 1.165) is 11.8 Å². The number of benzene rings is 1. The van der Waals surface area contributed by atoms with Crippen molar-refractivity contribution in [3.05, 3.63) is 40.8 Å². The van der Waals surface area contributed by atoms with E-state index < -0.39 is 0 Å². The summed E-state index contributed by atoms with van der Waals surface area (Å²) in [6, 6.07) is 7.02. The fourth-order valence-electron chi connectivity index (χ4n) is 2.30. The molecule has 0 bridgehead atoms. The number of aromatic amines is 1. The number of fused-ring (bicyclic) bond motifs is 1. The third-order valence-corrected chi connectivity index (χ3v) is 4.36. The third-order valence-electron chi connectivity index (χ3n) is 3.49. The van der Waals surface area contributed by atoms with Gasteiger partial charge in [-0.2, -0.15) is 5.10 Å². The van der Waals surface area contributed by atoms with Crippen LogP contribution in [0.3, 0.4) is 0 Å². The molecule has 0 spiro atoms. The molecule has 0 saturated heterocycles. The van der Waals surface area contributed by atoms with Gasteiger partial charge in [-0.15, -0.1) is 0 Å². The monoisotopic (exact) mass is 375 g/mol. The van der Waals surface area contributed by atoms with Crippen molar-refractivity contribution >= 4 is 34.4 Å². The SMILES string of the molecule is COc1cccc(NC(=O)CSc2nc3c(cnn3CCO)c(=O)[nH]2)c1. The highest BCUT2D eigenvalue weighted by Gasteiger charge is 2.12. The Morgan fingerprint density at radius 1 is 1.46 bits per heavy atom. The molecule has 0 aliphatic heterocycles. The number of thioether (sulfide) groups is 1. The van der Waals surface area contributed by atoms with E-state index in [2.05, 4.69) is 20.4 Å². The number of nitrogens with zero attached hydrogens (tertiary/aromatic N) is 3. The lowest BCUT2D eigenvalue weighted by molar-refractivity contribution is -0.113. The van der Waals surface area contributed by atoms with Gasteiger partial charge in [-0.3, -0.25) is 9.59 Å². The Morgan fingerprint density at radius 2 is 2.31 bits per heavy atom. The summed E-state index contributed by atoms with van der Waals surface area (Å²) >= 11 is 1.10. The highest BCUT2D eigenvalue weighted by molar-refractivity contribution is 7.99. The van der Waals surface area contributed by atoms with E-state index in [1.54, 1.807) is 31.4 Å². The first-order valence-corrected chi connectivity index (χ1v) is 8.72. The molecule has 1 amide bonds. The minimum absolute atomic E-state index is 0.0692. The molecule has 0 aliphatic rings. The second kappa shape index (κ2) is 8.02. The van der Waals surface area contributed by atoms with Crippen molar-refractivity contribution < 1.29 is 14.6 Å². The number of ether oxygens (including phenoxy) is 1. The standard InChI is InChI=1S/C16H17N5O4S/c1-25-11-4-2-3-10(7-11)18-13(23)9-26-16-19-14-12(15(24)20-16)8-17-21(14)5-6-22/h2-4,7-8,22H,5-6,9H2,1H3,(H,18,23)(H,19,20,24). The van der Waals surface area contributed by atoms with E-state index in [1.165, 1.54) is 10.9 Å². The Kier molecular flexibility index (Phi) is 5.54. The summed E-state index contributed by atoms with van der Waals surface area (Å²) in [7, 11) is 1.55. The van der Waals surface area contributed by atoms with Crippen LogP contribution >= 0.6 is 11.8 Å². The Hall–Kier alpha value is -2.85. The van der Waals surface area contributed by atoms with Crippen LogP contribution in [0.1, 0.15) is 0 Å². The van der Waals surface area contributed by atoms with Crippen molar-refractivity contribution in [3.63, 3.8) is 0 Å². The predicted molar refractivity (Wildman–Crippen MR) is 97.6 cm³/mol. The minimum atomic E-state index is -0.338. The van der Waals surface area contributed by atoms with Crippen molar-refractivity contribution in [2.24, 2.45) is 0 Å². The second-order valence-electron chi connectivity index (χ2n) is 5.27. The van der Waals surface area contributed by atoms with E-state index in [9.17, 15) is 9.59 Å². The number of amides is 1. The molecule has 0 atom stereocenters. The predicted octanol–water partition coefficient (Wildman–Crippen LogP) is 0.851. The number of aromatic nitrogens is 4. The molecule has 10 heteroatoms. The first-order valence-electron chi connectivity index (χ1n) is 7.74. The number of anilines is 1. The Bertz CT molecular complexity index is 984. The van der Waals surface area contributed by atoms with E-state index in [1.807, 2.05) is 0 Å². The summed E-state index contributed by atoms with van der Waals surface area (Å²) in [5, 5.41) is 16.5. The number of hydrogen-bond donors (Lipinski definition) is 3. The molecule has 9 nitrogen and oxygen atoms in total. The van der Waals surface area contributed by atoms with Gasteiger partial charge in [-0.1, -0.05) is 17.8 Å². The highest BCUT2D eigenvalue weighted by Crippen LogP contribution is 2.18. The van der Waals surface area contributed by atoms with Crippen LogP contribution in [0.2, 0.25) is 0 Å². The Morgan fingerprint density at radius 3 is 3.08 bits per heavy atom. The van der Waals surface area contributed by atoms with Crippen molar-refractivity contribution in [1.82, 2.24) is 19.7 Å². The van der Waals surface area contributed by atoms with Crippen molar-refractivity contribution in [3.8, 4) is 5.75 Å². The van der Waals surface area contributed by atoms with Crippen LogP contribution in [0.25, 0.3) is 11.0 Å². The van der Waals surface area contributed by atoms with Crippen LogP contribution in [-0.2, 0) is 11.3 Å². The lowest BCUT2D eigenvalue weighted by atomic mass is 10.3. The third kappa shape index (κ3) is 4.03. The smallest absolute Gasteiger partial charge is 0.262 e. The number of aliphatic hydroxyl groups excluding tert-OH is 1. The zero-order valence-corrected chi connectivity index (χ0v) is 14.7. The van der Waals surface area contributed by atoms with Gasteiger partial charge in [0.1, 0.15) is 11.1 Å². The van der Waals surface area contributed by atoms with Gasteiger partial charge in [0.05, 0.1) is 32.2 Å². The Balaban J connectivity index is 1.69. The molecule has 0 saturated carbocycles. The Labute approximate surface area is 152 Å². The molecule has 2 aromatic heterocycles. The molecule has 2 heterocycles. The maximum atomic E-state index is 12.1. The molecule has 0 radical (unpaired) electrons. The average Bonchev–Trinajstić information content (AvgIpc) is 3.04. The normalized spacial score (nSPS) is 10.8. The quantitative estimate of drug-likeness (QED) is 0.413. The van der Waals surface area contributed by atoms with Crippen molar-refractivity contribution in [2.45, 2.75) is 11.7 Å². The molecule has 0 unspecified atom stereocenters. The van der Waals surface area contributed by atoms with E-state index in [0.29, 0.717) is 27.6 Å². The molecule has 0 fully saturated rings. The summed E-state index contributed by atoms with van der Waals surface area (Å²) in [6.07, 6.45) is 1.40. The molecule has 0 aliphatic carbocycles. The molecular weight excluding hydrogens is 358 g/mol. The summed E-state index contributed by atoms with van der Waals surface area (Å²) in [5.41, 5.74) is 0.654. The van der Waals surface area contributed by atoms with Crippen LogP contribution in [0.15, 0.2) is 40.4 Å². The number of H-pyrrole nitrogens is 1. The fraction of sp³-hybridized carbons (Fsp3) is 0.250. The van der Waals surface area contributed by atoms with Crippen LogP contribution in [-0.4, -0.2) is 50.2 Å². The number of rotatable bonds is 7. The lowest BCUT2D eigenvalue weighted by Crippen LogP contribution is -2.16. The van der Waals surface area contributed by atoms with Gasteiger partial charge in [0, 0.05) is 11.8 Å². The van der Waals surface area contributed by atoms with Gasteiger partial charge in [-0.25, -0.2) is 9.67 Å². The van der Waals surface area contributed by atoms with E-state index in [-0.39, 0.29) is 30.4 Å². The average molecular weight is 375 g/mol. The molecule has 3 N–H and O–H groups in total. The number of carbonyl (C=O) groups is 1. The summed E-state index contributed by atoms with van der Waals surface area (Å²) < 4.78 is 6.56. The number of nitrogens with one attached hydrogen (secondary N) is 2. The zero-order chi connectivity index (χ0) is 18.5. The van der Waals surface area contributed by atoms with Gasteiger partial charge < -0.3 is 20.1 Å². The maximum absolute atomic E-state index is 12.1. The van der Waals surface area contributed by atoms with E-state index >= 15 is 0 Å². The van der Waals surface area contributed by atoms with Gasteiger partial charge in [0.2, 0.25) is 5.91 Å². The fourth-order valence-corrected chi connectivity index (χ4v) is 2.96. The van der Waals surface area contributed by atoms with Gasteiger partial charge in [0.25, 0.3) is 5.56 Å². The van der Waals surface area contributed by atoms with Gasteiger partial charge >= 0.3 is 0 Å². The van der Waals surface area contributed by atoms with Gasteiger partial charge in [0.15, 0.2) is 10.8 Å². The summed E-state index contributed by atoms with van der Waals surface area (Å²) in [6.45, 7) is 0.122. The molecule has 26 heavy (non-hydrogen) atoms. The molecular formula is C16H17N5O4S. The maximum Gasteiger partial charge on any atom is 0.262 e. The van der Waals surface area contributed by atoms with Crippen molar-refractivity contribution in [1.29, 1.82) is 0 Å². The summed E-state index contributed by atoms with van der Waals surface area (Å²) in [4.78, 5) is 31.1. The highest BCUT2D eigenvalue weighted by atomic mass is 32.2. The van der Waals surface area contributed by atoms with Gasteiger partial charge in [-0.05, 0) is 12.1 Å². The molecule has 1 aromatic carbocycles. The largest absolute Gasteiger partial charge is 0.497 e. The number of carbonyl (C=O) groups excluding carboxylic acids is 1. The molecule has 3 aromatic rings. The first kappa shape index (κ1) is 18.0. The van der Waals surface area contributed by atoms with Crippen molar-refractivity contribution in [2.75, 3.05) is 24.8 Å². The van der Waals surface area contributed by atoms with Crippen LogP contribution in [0.5, 0.6) is 5.75 Å². The van der Waals surface area contributed by atoms with E-state index in [4.69, 9.17) is 9.84 Å². The number of hydrogen-bond acceptors (Lipinski definition) is 7. The zero-order valence-electron chi connectivity index (χ0n) is 13.9.